The highest BCUT2D eigenvalue weighted by molar-refractivity contribution is 7.80. The van der Waals surface area contributed by atoms with Crippen LogP contribution >= 0.6 is 12.2 Å². The van der Waals surface area contributed by atoms with E-state index in [4.69, 9.17) is 18.0 Å². The average Bonchev–Trinajstić information content (AvgIpc) is 2.80. The Morgan fingerprint density at radius 3 is 2.40 bits per heavy atom. The standard InChI is InChI=1S/C16H30N2OS/c1-4-7-13(14(17)20)15(19)18-11-16(10-12(2)3)8-5-6-9-16/h12-13H,4-11H2,1-3H3,(H2,17,20)(H,18,19). The third kappa shape index (κ3) is 5.04. The lowest BCUT2D eigenvalue weighted by atomic mass is 9.78. The summed E-state index contributed by atoms with van der Waals surface area (Å²) in [4.78, 5) is 12.6. The average molecular weight is 298 g/mol. The Morgan fingerprint density at radius 1 is 1.35 bits per heavy atom. The van der Waals surface area contributed by atoms with Gasteiger partial charge in [-0.3, -0.25) is 4.79 Å². The quantitative estimate of drug-likeness (QED) is 0.675. The molecule has 1 saturated carbocycles. The highest BCUT2D eigenvalue weighted by Crippen LogP contribution is 2.42. The lowest BCUT2D eigenvalue weighted by Crippen LogP contribution is -2.43. The van der Waals surface area contributed by atoms with Crippen molar-refractivity contribution in [1.82, 2.24) is 5.32 Å². The maximum atomic E-state index is 12.3. The number of nitrogens with two attached hydrogens (primary N) is 1. The van der Waals surface area contributed by atoms with Crippen molar-refractivity contribution in [1.29, 1.82) is 0 Å². The van der Waals surface area contributed by atoms with Crippen LogP contribution in [0.3, 0.4) is 0 Å². The lowest BCUT2D eigenvalue weighted by molar-refractivity contribution is -0.123. The molecule has 1 amide bonds. The van der Waals surface area contributed by atoms with Crippen LogP contribution in [0.15, 0.2) is 0 Å². The molecule has 20 heavy (non-hydrogen) atoms. The van der Waals surface area contributed by atoms with Gasteiger partial charge in [-0.25, -0.2) is 0 Å². The first kappa shape index (κ1) is 17.4. The normalized spacial score (nSPS) is 19.0. The molecule has 0 saturated heterocycles. The molecule has 0 aromatic heterocycles. The summed E-state index contributed by atoms with van der Waals surface area (Å²) in [6, 6.07) is 0. The molecule has 4 heteroatoms. The largest absolute Gasteiger partial charge is 0.393 e. The number of carbonyl (C=O) groups excluding carboxylic acids is 1. The van der Waals surface area contributed by atoms with Crippen LogP contribution in [-0.4, -0.2) is 17.4 Å². The van der Waals surface area contributed by atoms with E-state index < -0.39 is 0 Å². The summed E-state index contributed by atoms with van der Waals surface area (Å²) in [7, 11) is 0. The monoisotopic (exact) mass is 298 g/mol. The summed E-state index contributed by atoms with van der Waals surface area (Å²) in [6.07, 6.45) is 7.91. The second-order valence-corrected chi connectivity index (χ2v) is 7.24. The molecule has 3 nitrogen and oxygen atoms in total. The number of carbonyl (C=O) groups is 1. The van der Waals surface area contributed by atoms with Gasteiger partial charge in [0, 0.05) is 6.54 Å². The van der Waals surface area contributed by atoms with Gasteiger partial charge < -0.3 is 11.1 Å². The molecule has 0 aromatic rings. The van der Waals surface area contributed by atoms with E-state index in [-0.39, 0.29) is 11.8 Å². The molecule has 0 radical (unpaired) electrons. The first-order valence-electron chi connectivity index (χ1n) is 7.97. The summed E-state index contributed by atoms with van der Waals surface area (Å²) in [5, 5.41) is 3.13. The van der Waals surface area contributed by atoms with Crippen molar-refractivity contribution >= 4 is 23.1 Å². The van der Waals surface area contributed by atoms with Crippen LogP contribution in [0.1, 0.15) is 65.7 Å². The number of amides is 1. The van der Waals surface area contributed by atoms with Gasteiger partial charge in [0.15, 0.2) is 0 Å². The van der Waals surface area contributed by atoms with Gasteiger partial charge in [-0.2, -0.15) is 0 Å². The highest BCUT2D eigenvalue weighted by atomic mass is 32.1. The fourth-order valence-corrected chi connectivity index (χ4v) is 3.76. The molecular formula is C16H30N2OS. The van der Waals surface area contributed by atoms with Crippen molar-refractivity contribution in [3.8, 4) is 0 Å². The molecule has 1 rings (SSSR count). The van der Waals surface area contributed by atoms with E-state index in [0.29, 0.717) is 16.3 Å². The van der Waals surface area contributed by atoms with Crippen molar-refractivity contribution < 1.29 is 4.79 Å². The number of hydrogen-bond donors (Lipinski definition) is 2. The van der Waals surface area contributed by atoms with Gasteiger partial charge in [0.25, 0.3) is 0 Å². The van der Waals surface area contributed by atoms with Crippen LogP contribution in [0, 0.1) is 17.3 Å². The number of hydrogen-bond acceptors (Lipinski definition) is 2. The van der Waals surface area contributed by atoms with Crippen LogP contribution in [0.25, 0.3) is 0 Å². The van der Waals surface area contributed by atoms with Gasteiger partial charge in [-0.1, -0.05) is 52.3 Å². The zero-order chi connectivity index (χ0) is 15.2. The molecular weight excluding hydrogens is 268 g/mol. The van der Waals surface area contributed by atoms with Gasteiger partial charge in [0.2, 0.25) is 5.91 Å². The molecule has 1 aliphatic carbocycles. The Labute approximate surface area is 129 Å². The van der Waals surface area contributed by atoms with E-state index in [9.17, 15) is 4.79 Å². The van der Waals surface area contributed by atoms with Crippen molar-refractivity contribution in [3.63, 3.8) is 0 Å². The minimum absolute atomic E-state index is 0.0226. The Bertz CT molecular complexity index is 335. The van der Waals surface area contributed by atoms with Gasteiger partial charge in [0.1, 0.15) is 0 Å². The number of nitrogens with one attached hydrogen (secondary N) is 1. The molecule has 1 fully saturated rings. The second kappa shape index (κ2) is 7.96. The van der Waals surface area contributed by atoms with E-state index in [1.165, 1.54) is 32.1 Å². The summed E-state index contributed by atoms with van der Waals surface area (Å²) >= 11 is 5.02. The molecule has 0 heterocycles. The smallest absolute Gasteiger partial charge is 0.229 e. The SMILES string of the molecule is CCCC(C(=O)NCC1(CC(C)C)CCCC1)C(N)=S. The van der Waals surface area contributed by atoms with E-state index in [0.717, 1.165) is 19.4 Å². The number of rotatable bonds is 8. The van der Waals surface area contributed by atoms with Crippen molar-refractivity contribution in [2.75, 3.05) is 6.54 Å². The first-order chi connectivity index (χ1) is 9.40. The summed E-state index contributed by atoms with van der Waals surface area (Å²) in [5.41, 5.74) is 5.99. The zero-order valence-electron chi connectivity index (χ0n) is 13.2. The maximum Gasteiger partial charge on any atom is 0.229 e. The van der Waals surface area contributed by atoms with E-state index in [1.807, 2.05) is 0 Å². The van der Waals surface area contributed by atoms with Gasteiger partial charge >= 0.3 is 0 Å². The zero-order valence-corrected chi connectivity index (χ0v) is 14.0. The molecule has 1 unspecified atom stereocenters. The lowest BCUT2D eigenvalue weighted by Gasteiger charge is -2.31. The maximum absolute atomic E-state index is 12.3. The third-order valence-electron chi connectivity index (χ3n) is 4.38. The fraction of sp³-hybridized carbons (Fsp3) is 0.875. The van der Waals surface area contributed by atoms with Crippen LogP contribution in [0.4, 0.5) is 0 Å². The molecule has 116 valence electrons. The Balaban J connectivity index is 2.58. The van der Waals surface area contributed by atoms with Crippen LogP contribution in [0.2, 0.25) is 0 Å². The van der Waals surface area contributed by atoms with Crippen LogP contribution < -0.4 is 11.1 Å². The summed E-state index contributed by atoms with van der Waals surface area (Å²) < 4.78 is 0. The minimum Gasteiger partial charge on any atom is -0.393 e. The Kier molecular flexibility index (Phi) is 6.93. The minimum atomic E-state index is -0.299. The van der Waals surface area contributed by atoms with Crippen LogP contribution in [-0.2, 0) is 4.79 Å². The molecule has 0 bridgehead atoms. The molecule has 3 N–H and O–H groups in total. The fourth-order valence-electron chi connectivity index (χ4n) is 3.53. The topological polar surface area (TPSA) is 55.1 Å². The van der Waals surface area contributed by atoms with Crippen molar-refractivity contribution in [3.05, 3.63) is 0 Å². The third-order valence-corrected chi connectivity index (χ3v) is 4.66. The molecule has 0 aromatic carbocycles. The molecule has 0 aliphatic heterocycles. The summed E-state index contributed by atoms with van der Waals surface area (Å²) in [6.45, 7) is 7.36. The molecule has 0 spiro atoms. The van der Waals surface area contributed by atoms with E-state index in [2.05, 4.69) is 26.1 Å². The highest BCUT2D eigenvalue weighted by Gasteiger charge is 2.35. The van der Waals surface area contributed by atoms with Gasteiger partial charge in [-0.15, -0.1) is 0 Å². The Hall–Kier alpha value is -0.640. The van der Waals surface area contributed by atoms with E-state index >= 15 is 0 Å². The van der Waals surface area contributed by atoms with Crippen molar-refractivity contribution in [2.24, 2.45) is 23.0 Å². The molecule has 1 aliphatic rings. The Morgan fingerprint density at radius 2 is 1.95 bits per heavy atom. The van der Waals surface area contributed by atoms with E-state index in [1.54, 1.807) is 0 Å². The van der Waals surface area contributed by atoms with Crippen molar-refractivity contribution in [2.45, 2.75) is 65.7 Å². The van der Waals surface area contributed by atoms with Gasteiger partial charge in [0.05, 0.1) is 10.9 Å². The first-order valence-corrected chi connectivity index (χ1v) is 8.38. The predicted molar refractivity (Wildman–Crippen MR) is 88.5 cm³/mol. The summed E-state index contributed by atoms with van der Waals surface area (Å²) in [5.74, 6) is 0.397. The number of thiocarbonyl (C=S) groups is 1. The predicted octanol–water partition coefficient (Wildman–Crippen LogP) is 3.41. The van der Waals surface area contributed by atoms with Crippen LogP contribution in [0.5, 0.6) is 0 Å². The van der Waals surface area contributed by atoms with Gasteiger partial charge in [-0.05, 0) is 37.0 Å². The molecule has 1 atom stereocenters. The second-order valence-electron chi connectivity index (χ2n) is 6.77.